The summed E-state index contributed by atoms with van der Waals surface area (Å²) in [6.07, 6.45) is 3.54. The predicted molar refractivity (Wildman–Crippen MR) is 86.0 cm³/mol. The minimum Gasteiger partial charge on any atom is -0.495 e. The molecule has 2 nitrogen and oxygen atoms in total. The van der Waals surface area contributed by atoms with Crippen LogP contribution >= 0.6 is 11.6 Å². The molecule has 1 aliphatic rings. The van der Waals surface area contributed by atoms with E-state index in [0.29, 0.717) is 0 Å². The second kappa shape index (κ2) is 6.36. The average molecular weight is 296 g/mol. The van der Waals surface area contributed by atoms with Gasteiger partial charge in [0.15, 0.2) is 0 Å². The van der Waals surface area contributed by atoms with Gasteiger partial charge in [-0.2, -0.15) is 0 Å². The molecule has 1 fully saturated rings. The summed E-state index contributed by atoms with van der Waals surface area (Å²) in [6, 6.07) is 4.33. The molecule has 0 atom stereocenters. The number of hydrogen-bond donors (Lipinski definition) is 1. The van der Waals surface area contributed by atoms with Crippen molar-refractivity contribution in [2.75, 3.05) is 20.2 Å². The van der Waals surface area contributed by atoms with Gasteiger partial charge in [-0.1, -0.05) is 38.4 Å². The minimum atomic E-state index is 0.110. The van der Waals surface area contributed by atoms with E-state index in [0.717, 1.165) is 36.2 Å². The van der Waals surface area contributed by atoms with Crippen LogP contribution in [0.1, 0.15) is 44.7 Å². The molecule has 0 spiro atoms. The number of nitrogens with one attached hydrogen (secondary N) is 1. The number of hydrogen-bond acceptors (Lipinski definition) is 2. The van der Waals surface area contributed by atoms with E-state index < -0.39 is 0 Å². The molecule has 1 saturated heterocycles. The van der Waals surface area contributed by atoms with Crippen LogP contribution in [0.2, 0.25) is 5.02 Å². The van der Waals surface area contributed by atoms with E-state index in [1.807, 2.05) is 6.07 Å². The van der Waals surface area contributed by atoms with E-state index in [1.54, 1.807) is 7.11 Å². The van der Waals surface area contributed by atoms with Crippen LogP contribution in [0.25, 0.3) is 0 Å². The highest BCUT2D eigenvalue weighted by Gasteiger charge is 2.21. The van der Waals surface area contributed by atoms with Crippen molar-refractivity contribution in [3.05, 3.63) is 28.3 Å². The van der Waals surface area contributed by atoms with Crippen LogP contribution in [0.4, 0.5) is 0 Å². The molecule has 0 amide bonds. The largest absolute Gasteiger partial charge is 0.495 e. The normalized spacial score (nSPS) is 17.2. The lowest BCUT2D eigenvalue weighted by Crippen LogP contribution is -2.28. The van der Waals surface area contributed by atoms with Crippen LogP contribution in [-0.4, -0.2) is 20.2 Å². The molecule has 0 bridgehead atoms. The summed E-state index contributed by atoms with van der Waals surface area (Å²) in [6.45, 7) is 8.91. The zero-order valence-electron chi connectivity index (χ0n) is 13.1. The van der Waals surface area contributed by atoms with E-state index in [9.17, 15) is 0 Å². The first-order valence-corrected chi connectivity index (χ1v) is 7.87. The molecule has 1 aromatic rings. The Morgan fingerprint density at radius 1 is 1.25 bits per heavy atom. The van der Waals surface area contributed by atoms with E-state index in [2.05, 4.69) is 32.2 Å². The molecular weight excluding hydrogens is 270 g/mol. The molecule has 0 aromatic heterocycles. The molecule has 20 heavy (non-hydrogen) atoms. The van der Waals surface area contributed by atoms with Crippen molar-refractivity contribution in [2.24, 2.45) is 5.92 Å². The molecule has 1 aliphatic heterocycles. The average Bonchev–Trinajstić information content (AvgIpc) is 2.38. The molecule has 0 radical (unpaired) electrons. The van der Waals surface area contributed by atoms with Crippen molar-refractivity contribution in [2.45, 2.75) is 45.4 Å². The lowest BCUT2D eigenvalue weighted by atomic mass is 9.83. The number of methoxy groups -OCH3 is 1. The maximum atomic E-state index is 6.42. The molecule has 1 heterocycles. The van der Waals surface area contributed by atoms with Gasteiger partial charge in [-0.25, -0.2) is 0 Å². The van der Waals surface area contributed by atoms with Crippen LogP contribution in [0.3, 0.4) is 0 Å². The third-order valence-electron chi connectivity index (χ3n) is 4.16. The number of rotatable bonds is 3. The fourth-order valence-electron chi connectivity index (χ4n) is 2.86. The van der Waals surface area contributed by atoms with Gasteiger partial charge in [0.25, 0.3) is 0 Å². The van der Waals surface area contributed by atoms with Crippen molar-refractivity contribution in [1.29, 1.82) is 0 Å². The number of halogens is 1. The molecule has 112 valence electrons. The monoisotopic (exact) mass is 295 g/mol. The van der Waals surface area contributed by atoms with Gasteiger partial charge in [0.2, 0.25) is 0 Å². The Labute approximate surface area is 127 Å². The highest BCUT2D eigenvalue weighted by Crippen LogP contribution is 2.36. The summed E-state index contributed by atoms with van der Waals surface area (Å²) in [5, 5.41) is 4.16. The van der Waals surface area contributed by atoms with E-state index in [4.69, 9.17) is 16.3 Å². The maximum Gasteiger partial charge on any atom is 0.140 e. The quantitative estimate of drug-likeness (QED) is 0.903. The first kappa shape index (κ1) is 15.7. The summed E-state index contributed by atoms with van der Waals surface area (Å²) < 4.78 is 5.54. The maximum absolute atomic E-state index is 6.42. The molecule has 1 N–H and O–H groups in total. The van der Waals surface area contributed by atoms with Crippen molar-refractivity contribution in [1.82, 2.24) is 5.32 Å². The molecule has 3 heteroatoms. The highest BCUT2D eigenvalue weighted by atomic mass is 35.5. The smallest absolute Gasteiger partial charge is 0.140 e. The molecule has 1 aromatic carbocycles. The molecule has 0 unspecified atom stereocenters. The predicted octanol–water partition coefficient (Wildman–Crippen LogP) is 4.19. The lowest BCUT2D eigenvalue weighted by Gasteiger charge is -2.26. The van der Waals surface area contributed by atoms with Gasteiger partial charge in [0, 0.05) is 0 Å². The highest BCUT2D eigenvalue weighted by molar-refractivity contribution is 6.32. The molecular formula is C17H26ClNO. The summed E-state index contributed by atoms with van der Waals surface area (Å²) in [5.41, 5.74) is 2.66. The summed E-state index contributed by atoms with van der Waals surface area (Å²) in [4.78, 5) is 0. The Hall–Kier alpha value is -0.730. The van der Waals surface area contributed by atoms with Gasteiger partial charge < -0.3 is 10.1 Å². The Kier molecular flexibility index (Phi) is 4.98. The first-order valence-electron chi connectivity index (χ1n) is 7.49. The van der Waals surface area contributed by atoms with Crippen LogP contribution in [0.15, 0.2) is 12.1 Å². The van der Waals surface area contributed by atoms with Crippen molar-refractivity contribution in [3.63, 3.8) is 0 Å². The van der Waals surface area contributed by atoms with E-state index in [-0.39, 0.29) is 5.41 Å². The fourth-order valence-corrected chi connectivity index (χ4v) is 3.18. The summed E-state index contributed by atoms with van der Waals surface area (Å²) >= 11 is 6.42. The Balaban J connectivity index is 2.30. The van der Waals surface area contributed by atoms with Crippen LogP contribution in [-0.2, 0) is 11.8 Å². The van der Waals surface area contributed by atoms with Gasteiger partial charge in [0.05, 0.1) is 12.1 Å². The topological polar surface area (TPSA) is 21.3 Å². The Morgan fingerprint density at radius 3 is 2.45 bits per heavy atom. The van der Waals surface area contributed by atoms with Crippen LogP contribution in [0, 0.1) is 5.92 Å². The van der Waals surface area contributed by atoms with E-state index >= 15 is 0 Å². The SMILES string of the molecule is COc1c(Cl)cc(C(C)(C)C)cc1CC1CCNCC1. The zero-order chi connectivity index (χ0) is 14.8. The molecule has 2 rings (SSSR count). The number of piperidine rings is 1. The number of benzene rings is 1. The van der Waals surface area contributed by atoms with Crippen LogP contribution < -0.4 is 10.1 Å². The van der Waals surface area contributed by atoms with Gasteiger partial charge in [0.1, 0.15) is 5.75 Å². The van der Waals surface area contributed by atoms with Gasteiger partial charge in [-0.3, -0.25) is 0 Å². The van der Waals surface area contributed by atoms with Crippen LogP contribution in [0.5, 0.6) is 5.75 Å². The summed E-state index contributed by atoms with van der Waals surface area (Å²) in [7, 11) is 1.71. The summed E-state index contributed by atoms with van der Waals surface area (Å²) in [5.74, 6) is 1.59. The second-order valence-corrected chi connectivity index (χ2v) is 7.21. The van der Waals surface area contributed by atoms with E-state index in [1.165, 1.54) is 24.0 Å². The Bertz CT molecular complexity index is 459. The zero-order valence-corrected chi connectivity index (χ0v) is 13.8. The fraction of sp³-hybridized carbons (Fsp3) is 0.647. The van der Waals surface area contributed by atoms with Gasteiger partial charge in [-0.15, -0.1) is 0 Å². The standard InChI is InChI=1S/C17H26ClNO/c1-17(2,3)14-10-13(16(20-4)15(18)11-14)9-12-5-7-19-8-6-12/h10-12,19H,5-9H2,1-4H3. The first-order chi connectivity index (χ1) is 9.41. The second-order valence-electron chi connectivity index (χ2n) is 6.80. The Morgan fingerprint density at radius 2 is 1.90 bits per heavy atom. The third kappa shape index (κ3) is 3.67. The van der Waals surface area contributed by atoms with Gasteiger partial charge >= 0.3 is 0 Å². The minimum absolute atomic E-state index is 0.110. The lowest BCUT2D eigenvalue weighted by molar-refractivity contribution is 0.361. The van der Waals surface area contributed by atoms with Gasteiger partial charge in [-0.05, 0) is 60.9 Å². The van der Waals surface area contributed by atoms with Crippen molar-refractivity contribution < 1.29 is 4.74 Å². The number of ether oxygens (including phenoxy) is 1. The molecule has 0 aliphatic carbocycles. The van der Waals surface area contributed by atoms with Crippen molar-refractivity contribution >= 4 is 11.6 Å². The molecule has 0 saturated carbocycles. The van der Waals surface area contributed by atoms with Crippen molar-refractivity contribution in [3.8, 4) is 5.75 Å². The third-order valence-corrected chi connectivity index (χ3v) is 4.44.